The first-order chi connectivity index (χ1) is 9.46. The summed E-state index contributed by atoms with van der Waals surface area (Å²) in [5.74, 6) is 0.937. The Balaban J connectivity index is 1.83. The summed E-state index contributed by atoms with van der Waals surface area (Å²) < 4.78 is 11.1. The molecule has 1 saturated heterocycles. The molecule has 2 heterocycles. The fourth-order valence-electron chi connectivity index (χ4n) is 2.26. The van der Waals surface area contributed by atoms with Crippen LogP contribution < -0.4 is 5.32 Å². The summed E-state index contributed by atoms with van der Waals surface area (Å²) in [7, 11) is 0. The van der Waals surface area contributed by atoms with Crippen molar-refractivity contribution >= 4 is 0 Å². The maximum atomic E-state index is 5.68. The Bertz CT molecular complexity index is 411. The topological polar surface area (TPSA) is 50.5 Å². The van der Waals surface area contributed by atoms with Crippen molar-refractivity contribution in [2.75, 3.05) is 19.7 Å². The molecular formula is C15H27N3O2. The average Bonchev–Trinajstić information content (AvgIpc) is 2.83. The van der Waals surface area contributed by atoms with Gasteiger partial charge < -0.3 is 14.6 Å². The van der Waals surface area contributed by atoms with Crippen LogP contribution in [0.3, 0.4) is 0 Å². The smallest absolute Gasteiger partial charge is 0.151 e. The van der Waals surface area contributed by atoms with E-state index in [1.807, 2.05) is 0 Å². The second kappa shape index (κ2) is 6.70. The van der Waals surface area contributed by atoms with Gasteiger partial charge in [-0.05, 0) is 27.2 Å². The third-order valence-electron chi connectivity index (χ3n) is 3.47. The van der Waals surface area contributed by atoms with Crippen LogP contribution in [0.4, 0.5) is 0 Å². The zero-order valence-electron chi connectivity index (χ0n) is 13.1. The molecule has 1 aromatic rings. The summed E-state index contributed by atoms with van der Waals surface area (Å²) in [6.45, 7) is 12.9. The predicted molar refractivity (Wildman–Crippen MR) is 78.4 cm³/mol. The molecule has 1 aliphatic rings. The quantitative estimate of drug-likeness (QED) is 0.896. The van der Waals surface area contributed by atoms with Crippen molar-refractivity contribution in [2.24, 2.45) is 0 Å². The van der Waals surface area contributed by atoms with Crippen molar-refractivity contribution < 1.29 is 9.26 Å². The lowest BCUT2D eigenvalue weighted by atomic mass is 10.1. The number of rotatable bonds is 5. The second-order valence-electron chi connectivity index (χ2n) is 6.52. The highest BCUT2D eigenvalue weighted by molar-refractivity contribution is 5.05. The Labute approximate surface area is 121 Å². The van der Waals surface area contributed by atoms with Crippen molar-refractivity contribution in [1.29, 1.82) is 0 Å². The number of nitrogens with one attached hydrogen (secondary N) is 1. The molecule has 0 amide bonds. The molecule has 0 spiro atoms. The van der Waals surface area contributed by atoms with Crippen LogP contribution in [0.5, 0.6) is 0 Å². The lowest BCUT2D eigenvalue weighted by Crippen LogP contribution is -2.41. The van der Waals surface area contributed by atoms with Crippen molar-refractivity contribution in [1.82, 2.24) is 15.4 Å². The minimum Gasteiger partial charge on any atom is -0.376 e. The molecule has 1 atom stereocenters. The molecule has 0 bridgehead atoms. The Morgan fingerprint density at radius 1 is 1.45 bits per heavy atom. The van der Waals surface area contributed by atoms with E-state index >= 15 is 0 Å². The van der Waals surface area contributed by atoms with E-state index in [2.05, 4.69) is 49.1 Å². The van der Waals surface area contributed by atoms with Crippen LogP contribution in [0.2, 0.25) is 0 Å². The van der Waals surface area contributed by atoms with Gasteiger partial charge in [-0.15, -0.1) is 0 Å². The van der Waals surface area contributed by atoms with E-state index in [0.717, 1.165) is 50.7 Å². The summed E-state index contributed by atoms with van der Waals surface area (Å²) in [4.78, 5) is 2.37. The van der Waals surface area contributed by atoms with Gasteiger partial charge in [0, 0.05) is 31.2 Å². The third kappa shape index (κ3) is 4.89. The molecular weight excluding hydrogens is 254 g/mol. The molecule has 114 valence electrons. The van der Waals surface area contributed by atoms with Crippen molar-refractivity contribution in [3.05, 3.63) is 17.5 Å². The molecule has 5 heteroatoms. The molecule has 0 saturated carbocycles. The molecule has 5 nitrogen and oxygen atoms in total. The van der Waals surface area contributed by atoms with E-state index in [9.17, 15) is 0 Å². The lowest BCUT2D eigenvalue weighted by molar-refractivity contribution is -0.0346. The minimum atomic E-state index is 0.0949. The van der Waals surface area contributed by atoms with E-state index in [4.69, 9.17) is 9.26 Å². The van der Waals surface area contributed by atoms with Gasteiger partial charge in [-0.25, -0.2) is 0 Å². The highest BCUT2D eigenvalue weighted by atomic mass is 16.5. The number of hydrogen-bond acceptors (Lipinski definition) is 5. The van der Waals surface area contributed by atoms with Gasteiger partial charge in [-0.3, -0.25) is 4.90 Å². The fourth-order valence-corrected chi connectivity index (χ4v) is 2.26. The standard InChI is InChI=1S/C15H27N3O2/c1-5-13-10-18(6-7-19-13)11-14-8-12(17-20-14)9-16-15(2,3)4/h8,13,16H,5-7,9-11H2,1-4H3. The Morgan fingerprint density at radius 2 is 2.25 bits per heavy atom. The second-order valence-corrected chi connectivity index (χ2v) is 6.52. The summed E-state index contributed by atoms with van der Waals surface area (Å²) in [6.07, 6.45) is 1.42. The number of nitrogens with zero attached hydrogens (tertiary/aromatic N) is 2. The molecule has 1 aromatic heterocycles. The summed E-state index contributed by atoms with van der Waals surface area (Å²) in [5, 5.41) is 7.54. The largest absolute Gasteiger partial charge is 0.376 e. The lowest BCUT2D eigenvalue weighted by Gasteiger charge is -2.31. The first kappa shape index (κ1) is 15.5. The normalized spacial score (nSPS) is 21.3. The van der Waals surface area contributed by atoms with Gasteiger partial charge in [0.2, 0.25) is 0 Å². The van der Waals surface area contributed by atoms with Gasteiger partial charge in [0.1, 0.15) is 0 Å². The molecule has 0 aromatic carbocycles. The highest BCUT2D eigenvalue weighted by Crippen LogP contribution is 2.13. The zero-order valence-corrected chi connectivity index (χ0v) is 13.1. The molecule has 20 heavy (non-hydrogen) atoms. The number of ether oxygens (including phenoxy) is 1. The highest BCUT2D eigenvalue weighted by Gasteiger charge is 2.20. The van der Waals surface area contributed by atoms with E-state index in [0.29, 0.717) is 6.10 Å². The number of hydrogen-bond donors (Lipinski definition) is 1. The van der Waals surface area contributed by atoms with Crippen LogP contribution in [0.25, 0.3) is 0 Å². The summed E-state index contributed by atoms with van der Waals surface area (Å²) >= 11 is 0. The van der Waals surface area contributed by atoms with Gasteiger partial charge in [0.05, 0.1) is 24.9 Å². The van der Waals surface area contributed by atoms with E-state index < -0.39 is 0 Å². The Morgan fingerprint density at radius 3 is 2.95 bits per heavy atom. The van der Waals surface area contributed by atoms with Gasteiger partial charge in [0.25, 0.3) is 0 Å². The maximum absolute atomic E-state index is 5.68. The van der Waals surface area contributed by atoms with Crippen LogP contribution >= 0.6 is 0 Å². The monoisotopic (exact) mass is 281 g/mol. The van der Waals surface area contributed by atoms with E-state index in [-0.39, 0.29) is 5.54 Å². The van der Waals surface area contributed by atoms with Gasteiger partial charge >= 0.3 is 0 Å². The first-order valence-corrected chi connectivity index (χ1v) is 7.49. The van der Waals surface area contributed by atoms with E-state index in [1.54, 1.807) is 0 Å². The molecule has 0 aliphatic carbocycles. The van der Waals surface area contributed by atoms with Crippen molar-refractivity contribution in [3.63, 3.8) is 0 Å². The van der Waals surface area contributed by atoms with Crippen LogP contribution in [-0.2, 0) is 17.8 Å². The number of morpholine rings is 1. The predicted octanol–water partition coefficient (Wildman–Crippen LogP) is 2.17. The van der Waals surface area contributed by atoms with Crippen LogP contribution in [0.1, 0.15) is 45.6 Å². The molecule has 1 N–H and O–H groups in total. The maximum Gasteiger partial charge on any atom is 0.151 e. The van der Waals surface area contributed by atoms with Gasteiger partial charge in [-0.1, -0.05) is 12.1 Å². The SMILES string of the molecule is CCC1CN(Cc2cc(CNC(C)(C)C)no2)CCO1. The third-order valence-corrected chi connectivity index (χ3v) is 3.47. The molecule has 1 fully saturated rings. The number of aromatic nitrogens is 1. The Kier molecular flexibility index (Phi) is 5.18. The fraction of sp³-hybridized carbons (Fsp3) is 0.800. The molecule has 2 rings (SSSR count). The van der Waals surface area contributed by atoms with Crippen molar-refractivity contribution in [3.8, 4) is 0 Å². The minimum absolute atomic E-state index is 0.0949. The molecule has 1 unspecified atom stereocenters. The first-order valence-electron chi connectivity index (χ1n) is 7.49. The van der Waals surface area contributed by atoms with Gasteiger partial charge in [-0.2, -0.15) is 0 Å². The van der Waals surface area contributed by atoms with E-state index in [1.165, 1.54) is 0 Å². The zero-order chi connectivity index (χ0) is 14.6. The van der Waals surface area contributed by atoms with Crippen LogP contribution in [0.15, 0.2) is 10.6 Å². The van der Waals surface area contributed by atoms with Gasteiger partial charge in [0.15, 0.2) is 5.76 Å². The van der Waals surface area contributed by atoms with Crippen molar-refractivity contribution in [2.45, 2.75) is 58.8 Å². The van der Waals surface area contributed by atoms with Crippen LogP contribution in [-0.4, -0.2) is 41.4 Å². The summed E-state index contributed by atoms with van der Waals surface area (Å²) in [5.41, 5.74) is 1.06. The summed E-state index contributed by atoms with van der Waals surface area (Å²) in [6, 6.07) is 2.05. The van der Waals surface area contributed by atoms with Crippen LogP contribution in [0, 0.1) is 0 Å². The molecule has 1 aliphatic heterocycles. The molecule has 0 radical (unpaired) electrons. The Hall–Kier alpha value is -0.910. The average molecular weight is 281 g/mol.